The predicted molar refractivity (Wildman–Crippen MR) is 118 cm³/mol. The van der Waals surface area contributed by atoms with Crippen LogP contribution >= 0.6 is 0 Å². The minimum Gasteiger partial charge on any atom is -0.481 e. The summed E-state index contributed by atoms with van der Waals surface area (Å²) < 4.78 is 43.5. The molecule has 2 aromatic rings. The van der Waals surface area contributed by atoms with Crippen LogP contribution in [0.5, 0.6) is 0 Å². The maximum Gasteiger partial charge on any atom is 0.433 e. The average molecular weight is 467 g/mol. The van der Waals surface area contributed by atoms with Crippen molar-refractivity contribution in [2.75, 3.05) is 13.6 Å². The van der Waals surface area contributed by atoms with Gasteiger partial charge in [0.1, 0.15) is 11.3 Å². The van der Waals surface area contributed by atoms with Gasteiger partial charge in [0.25, 0.3) is 0 Å². The van der Waals surface area contributed by atoms with Gasteiger partial charge in [0, 0.05) is 25.4 Å². The number of nitrogens with zero attached hydrogens (tertiary/aromatic N) is 2. The molecule has 180 valence electrons. The van der Waals surface area contributed by atoms with Crippen LogP contribution in [0.3, 0.4) is 0 Å². The van der Waals surface area contributed by atoms with E-state index in [2.05, 4.69) is 4.98 Å². The van der Waals surface area contributed by atoms with Crippen molar-refractivity contribution in [3.05, 3.63) is 53.9 Å². The summed E-state index contributed by atoms with van der Waals surface area (Å²) in [6, 6.07) is 9.27. The molecule has 6 nitrogen and oxygen atoms in total. The van der Waals surface area contributed by atoms with Gasteiger partial charge in [-0.25, -0.2) is 4.79 Å². The normalized spacial score (nSPS) is 12.8. The Labute approximate surface area is 191 Å². The van der Waals surface area contributed by atoms with Crippen LogP contribution in [0.25, 0.3) is 11.1 Å². The highest BCUT2D eigenvalue weighted by Crippen LogP contribution is 2.29. The molecular formula is C24H29F3N2O4. The molecule has 0 fully saturated rings. The number of benzene rings is 1. The van der Waals surface area contributed by atoms with E-state index in [1.807, 2.05) is 0 Å². The Kier molecular flexibility index (Phi) is 8.46. The Morgan fingerprint density at radius 1 is 1.12 bits per heavy atom. The zero-order valence-electron chi connectivity index (χ0n) is 19.1. The molecule has 1 atom stereocenters. The van der Waals surface area contributed by atoms with Gasteiger partial charge in [-0.3, -0.25) is 9.78 Å². The number of amides is 1. The lowest BCUT2D eigenvalue weighted by Crippen LogP contribution is -2.35. The summed E-state index contributed by atoms with van der Waals surface area (Å²) in [5.74, 6) is -1.62. The van der Waals surface area contributed by atoms with Crippen LogP contribution in [0, 0.1) is 5.92 Å². The first-order chi connectivity index (χ1) is 15.3. The highest BCUT2D eigenvalue weighted by Gasteiger charge is 2.32. The highest BCUT2D eigenvalue weighted by atomic mass is 19.4. The number of ether oxygens (including phenoxy) is 1. The summed E-state index contributed by atoms with van der Waals surface area (Å²) in [6.45, 7) is 5.67. The zero-order chi connectivity index (χ0) is 24.8. The number of halogens is 3. The Hall–Kier alpha value is -3.10. The molecule has 2 rings (SSSR count). The first-order valence-corrected chi connectivity index (χ1v) is 10.6. The van der Waals surface area contributed by atoms with E-state index >= 15 is 0 Å². The van der Waals surface area contributed by atoms with E-state index in [4.69, 9.17) is 4.74 Å². The molecule has 9 heteroatoms. The van der Waals surface area contributed by atoms with Crippen molar-refractivity contribution in [3.63, 3.8) is 0 Å². The number of alkyl halides is 3. The number of hydrogen-bond donors (Lipinski definition) is 1. The second-order valence-electron chi connectivity index (χ2n) is 8.91. The maximum absolute atomic E-state index is 12.7. The van der Waals surface area contributed by atoms with Crippen LogP contribution in [0.2, 0.25) is 0 Å². The number of hydrogen-bond acceptors (Lipinski definition) is 4. The fourth-order valence-electron chi connectivity index (χ4n) is 3.21. The number of carboxylic acids is 1. The van der Waals surface area contributed by atoms with E-state index < -0.39 is 35.5 Å². The summed E-state index contributed by atoms with van der Waals surface area (Å²) in [4.78, 5) is 28.7. The molecule has 1 amide bonds. The molecule has 0 aliphatic heterocycles. The maximum atomic E-state index is 12.7. The lowest BCUT2D eigenvalue weighted by atomic mass is 9.93. The van der Waals surface area contributed by atoms with Crippen molar-refractivity contribution in [3.8, 4) is 11.1 Å². The summed E-state index contributed by atoms with van der Waals surface area (Å²) in [5.41, 5.74) is 0.339. The van der Waals surface area contributed by atoms with Gasteiger partial charge < -0.3 is 14.7 Å². The van der Waals surface area contributed by atoms with E-state index in [-0.39, 0.29) is 6.42 Å². The van der Waals surface area contributed by atoms with Crippen molar-refractivity contribution in [2.24, 2.45) is 5.92 Å². The third kappa shape index (κ3) is 8.40. The van der Waals surface area contributed by atoms with E-state index in [9.17, 15) is 27.9 Å². The highest BCUT2D eigenvalue weighted by molar-refractivity contribution is 5.71. The average Bonchev–Trinajstić information content (AvgIpc) is 2.71. The number of aliphatic carboxylic acids is 1. The first kappa shape index (κ1) is 26.2. The smallest absolute Gasteiger partial charge is 0.433 e. The van der Waals surface area contributed by atoms with Crippen molar-refractivity contribution in [2.45, 2.75) is 51.8 Å². The molecule has 33 heavy (non-hydrogen) atoms. The standard InChI is InChI=1S/C24H29F3N2O4/c1-23(2,3)33-22(32)29(4)12-6-9-18(21(30)31)14-16-7-5-8-17(13-16)19-10-11-20(28-15-19)24(25,26)27/h5,7-8,10-11,13,15,18H,6,9,12,14H2,1-4H3,(H,30,31). The van der Waals surface area contributed by atoms with Gasteiger partial charge in [0.2, 0.25) is 0 Å². The molecule has 0 aliphatic rings. The van der Waals surface area contributed by atoms with Crippen molar-refractivity contribution >= 4 is 12.1 Å². The number of carbonyl (C=O) groups is 2. The fraction of sp³-hybridized carbons (Fsp3) is 0.458. The minimum atomic E-state index is -4.51. The van der Waals surface area contributed by atoms with Crippen LogP contribution < -0.4 is 0 Å². The molecule has 0 saturated heterocycles. The second kappa shape index (κ2) is 10.7. The van der Waals surface area contributed by atoms with Crippen LogP contribution in [0.15, 0.2) is 42.6 Å². The minimum absolute atomic E-state index is 0.257. The van der Waals surface area contributed by atoms with Gasteiger partial charge in [-0.1, -0.05) is 30.3 Å². The summed E-state index contributed by atoms with van der Waals surface area (Å²) >= 11 is 0. The molecular weight excluding hydrogens is 437 g/mol. The Balaban J connectivity index is 2.01. The van der Waals surface area contributed by atoms with Gasteiger partial charge in [-0.15, -0.1) is 0 Å². The van der Waals surface area contributed by atoms with Gasteiger partial charge in [-0.2, -0.15) is 13.2 Å². The van der Waals surface area contributed by atoms with Crippen molar-refractivity contribution < 1.29 is 32.6 Å². The van der Waals surface area contributed by atoms with Crippen LogP contribution in [-0.2, 0) is 22.1 Å². The topological polar surface area (TPSA) is 79.7 Å². The molecule has 0 aliphatic carbocycles. The van der Waals surface area contributed by atoms with E-state index in [1.165, 1.54) is 11.0 Å². The third-order valence-electron chi connectivity index (χ3n) is 4.90. The molecule has 1 heterocycles. The number of rotatable bonds is 8. The molecule has 1 unspecified atom stereocenters. The van der Waals surface area contributed by atoms with Crippen molar-refractivity contribution in [1.82, 2.24) is 9.88 Å². The lowest BCUT2D eigenvalue weighted by molar-refractivity contribution is -0.142. The van der Waals surface area contributed by atoms with E-state index in [0.29, 0.717) is 30.5 Å². The quantitative estimate of drug-likeness (QED) is 0.543. The molecule has 0 saturated carbocycles. The van der Waals surface area contributed by atoms with Crippen LogP contribution in [0.4, 0.5) is 18.0 Å². The Bertz CT molecular complexity index is 953. The first-order valence-electron chi connectivity index (χ1n) is 10.6. The summed E-state index contributed by atoms with van der Waals surface area (Å²) in [5, 5.41) is 9.63. The largest absolute Gasteiger partial charge is 0.481 e. The second-order valence-corrected chi connectivity index (χ2v) is 8.91. The van der Waals surface area contributed by atoms with Gasteiger partial charge in [-0.05, 0) is 57.2 Å². The fourth-order valence-corrected chi connectivity index (χ4v) is 3.21. The molecule has 1 aromatic heterocycles. The number of pyridine rings is 1. The zero-order valence-corrected chi connectivity index (χ0v) is 19.1. The van der Waals surface area contributed by atoms with Gasteiger partial charge in [0.15, 0.2) is 0 Å². The molecule has 0 spiro atoms. The third-order valence-corrected chi connectivity index (χ3v) is 4.90. The van der Waals surface area contributed by atoms with Crippen LogP contribution in [0.1, 0.15) is 44.9 Å². The molecule has 1 aromatic carbocycles. The predicted octanol–water partition coefficient (Wildman–Crippen LogP) is 5.66. The van der Waals surface area contributed by atoms with E-state index in [1.54, 1.807) is 52.1 Å². The van der Waals surface area contributed by atoms with Crippen LogP contribution in [-0.4, -0.2) is 46.2 Å². The number of aromatic nitrogens is 1. The molecule has 0 radical (unpaired) electrons. The summed E-state index contributed by atoms with van der Waals surface area (Å²) in [6.07, 6.45) is -2.72. The Morgan fingerprint density at radius 2 is 1.82 bits per heavy atom. The number of carbonyl (C=O) groups excluding carboxylic acids is 1. The lowest BCUT2D eigenvalue weighted by Gasteiger charge is -2.25. The number of carboxylic acid groups (broad SMARTS) is 1. The summed E-state index contributed by atoms with van der Waals surface area (Å²) in [7, 11) is 1.60. The monoisotopic (exact) mass is 466 g/mol. The molecule has 0 bridgehead atoms. The van der Waals surface area contributed by atoms with E-state index in [0.717, 1.165) is 17.8 Å². The van der Waals surface area contributed by atoms with Crippen molar-refractivity contribution in [1.29, 1.82) is 0 Å². The SMILES string of the molecule is CN(CCCC(Cc1cccc(-c2ccc(C(F)(F)F)nc2)c1)C(=O)O)C(=O)OC(C)(C)C. The molecule has 1 N–H and O–H groups in total. The van der Waals surface area contributed by atoms with Gasteiger partial charge >= 0.3 is 18.2 Å². The van der Waals surface area contributed by atoms with Gasteiger partial charge in [0.05, 0.1) is 5.92 Å². The Morgan fingerprint density at radius 3 is 2.36 bits per heavy atom.